The van der Waals surface area contributed by atoms with E-state index in [2.05, 4.69) is 10.6 Å². The third kappa shape index (κ3) is 7.07. The summed E-state index contributed by atoms with van der Waals surface area (Å²) < 4.78 is 11.1. The van der Waals surface area contributed by atoms with Gasteiger partial charge < -0.3 is 20.1 Å². The van der Waals surface area contributed by atoms with Crippen molar-refractivity contribution in [2.75, 3.05) is 25.1 Å². The Kier molecular flexibility index (Phi) is 8.49. The molecule has 6 nitrogen and oxygen atoms in total. The van der Waals surface area contributed by atoms with Crippen molar-refractivity contribution in [1.82, 2.24) is 5.32 Å². The van der Waals surface area contributed by atoms with Gasteiger partial charge >= 0.3 is 0 Å². The van der Waals surface area contributed by atoms with Crippen molar-refractivity contribution < 1.29 is 19.1 Å². The molecule has 0 spiro atoms. The van der Waals surface area contributed by atoms with Gasteiger partial charge in [0.25, 0.3) is 11.8 Å². The van der Waals surface area contributed by atoms with Crippen LogP contribution in [0.5, 0.6) is 5.75 Å². The minimum absolute atomic E-state index is 0.256. The number of halogens is 1. The van der Waals surface area contributed by atoms with Crippen LogP contribution in [0.25, 0.3) is 0 Å². The van der Waals surface area contributed by atoms with Gasteiger partial charge in [-0.2, -0.15) is 0 Å². The first-order valence-electron chi connectivity index (χ1n) is 9.54. The average Bonchev–Trinajstić information content (AvgIpc) is 2.69. The quantitative estimate of drug-likeness (QED) is 0.564. The monoisotopic (exact) mass is 418 g/mol. The lowest BCUT2D eigenvalue weighted by molar-refractivity contribution is -0.128. The molecule has 0 aliphatic carbocycles. The molecule has 2 N–H and O–H groups in total. The fourth-order valence-electron chi connectivity index (χ4n) is 2.52. The highest BCUT2D eigenvalue weighted by molar-refractivity contribution is 6.30. The maximum Gasteiger partial charge on any atom is 0.267 e. The minimum Gasteiger partial charge on any atom is -0.478 e. The van der Waals surface area contributed by atoms with Crippen LogP contribution in [0.15, 0.2) is 48.5 Å². The number of rotatable bonds is 10. The topological polar surface area (TPSA) is 76.7 Å². The molecule has 0 atom stereocenters. The predicted molar refractivity (Wildman–Crippen MR) is 115 cm³/mol. The summed E-state index contributed by atoms with van der Waals surface area (Å²) in [6.07, 6.45) is 0.718. The zero-order chi connectivity index (χ0) is 21.3. The second-order valence-corrected chi connectivity index (χ2v) is 7.31. The Hall–Kier alpha value is -2.57. The van der Waals surface area contributed by atoms with Crippen molar-refractivity contribution in [1.29, 1.82) is 0 Å². The molecule has 2 amide bonds. The molecule has 0 unspecified atom stereocenters. The Labute approximate surface area is 176 Å². The molecule has 2 aromatic carbocycles. The fraction of sp³-hybridized carbons (Fsp3) is 0.364. The van der Waals surface area contributed by atoms with Crippen LogP contribution in [0.2, 0.25) is 5.02 Å². The first-order chi connectivity index (χ1) is 13.8. The first kappa shape index (κ1) is 22.7. The molecule has 0 aliphatic rings. The average molecular weight is 419 g/mol. The molecule has 0 aromatic heterocycles. The Morgan fingerprint density at radius 1 is 1.07 bits per heavy atom. The zero-order valence-electron chi connectivity index (χ0n) is 17.0. The molecule has 0 saturated carbocycles. The van der Waals surface area contributed by atoms with Crippen molar-refractivity contribution >= 4 is 29.1 Å². The number of para-hydroxylation sites is 1. The van der Waals surface area contributed by atoms with Crippen molar-refractivity contribution in [2.45, 2.75) is 32.8 Å². The lowest BCUT2D eigenvalue weighted by Crippen LogP contribution is -2.43. The van der Waals surface area contributed by atoms with Gasteiger partial charge in [0.05, 0.1) is 11.3 Å². The van der Waals surface area contributed by atoms with E-state index in [0.717, 1.165) is 6.42 Å². The molecule has 0 bridgehead atoms. The van der Waals surface area contributed by atoms with Crippen LogP contribution < -0.4 is 15.4 Å². The van der Waals surface area contributed by atoms with E-state index in [0.29, 0.717) is 41.8 Å². The highest BCUT2D eigenvalue weighted by Crippen LogP contribution is 2.23. The van der Waals surface area contributed by atoms with Crippen LogP contribution in [-0.2, 0) is 9.53 Å². The summed E-state index contributed by atoms with van der Waals surface area (Å²) >= 11 is 5.88. The molecule has 0 fully saturated rings. The lowest BCUT2D eigenvalue weighted by atomic mass is 10.1. The normalized spacial score (nSPS) is 11.0. The van der Waals surface area contributed by atoms with Crippen molar-refractivity contribution in [3.8, 4) is 5.75 Å². The number of carbonyl (C=O) groups excluding carboxylic acids is 2. The largest absolute Gasteiger partial charge is 0.478 e. The molecular formula is C22H27ClN2O4. The summed E-state index contributed by atoms with van der Waals surface area (Å²) in [5.41, 5.74) is -0.346. The Morgan fingerprint density at radius 2 is 1.76 bits per heavy atom. The second-order valence-electron chi connectivity index (χ2n) is 6.87. The van der Waals surface area contributed by atoms with Crippen molar-refractivity contribution in [3.05, 3.63) is 59.1 Å². The number of amides is 2. The van der Waals surface area contributed by atoms with Crippen LogP contribution in [0.3, 0.4) is 0 Å². The lowest BCUT2D eigenvalue weighted by Gasteiger charge is -2.26. The van der Waals surface area contributed by atoms with Gasteiger partial charge in [-0.25, -0.2) is 0 Å². The molecule has 0 aliphatic heterocycles. The number of carbonyl (C=O) groups is 2. The molecule has 156 valence electrons. The van der Waals surface area contributed by atoms with Gasteiger partial charge in [0, 0.05) is 24.8 Å². The zero-order valence-corrected chi connectivity index (χ0v) is 17.7. The summed E-state index contributed by atoms with van der Waals surface area (Å²) in [6.45, 7) is 6.98. The van der Waals surface area contributed by atoms with E-state index >= 15 is 0 Å². The maximum atomic E-state index is 12.8. The summed E-state index contributed by atoms with van der Waals surface area (Å²) in [5.74, 6) is -0.104. The molecule has 2 aromatic rings. The number of benzene rings is 2. The van der Waals surface area contributed by atoms with E-state index in [1.54, 1.807) is 62.4 Å². The summed E-state index contributed by atoms with van der Waals surface area (Å²) in [4.78, 5) is 25.3. The number of nitrogens with one attached hydrogen (secondary N) is 2. The summed E-state index contributed by atoms with van der Waals surface area (Å²) in [5, 5.41) is 6.22. The number of anilines is 1. The minimum atomic E-state index is -1.16. The van der Waals surface area contributed by atoms with Gasteiger partial charge in [-0.05, 0) is 63.6 Å². The van der Waals surface area contributed by atoms with Crippen LogP contribution in [0.1, 0.15) is 37.6 Å². The van der Waals surface area contributed by atoms with Crippen LogP contribution in [-0.4, -0.2) is 37.2 Å². The highest BCUT2D eigenvalue weighted by Gasteiger charge is 2.31. The van der Waals surface area contributed by atoms with Gasteiger partial charge in [0.1, 0.15) is 5.75 Å². The van der Waals surface area contributed by atoms with E-state index in [1.807, 2.05) is 6.92 Å². The summed E-state index contributed by atoms with van der Waals surface area (Å²) in [7, 11) is 0. The maximum absolute atomic E-state index is 12.8. The van der Waals surface area contributed by atoms with Gasteiger partial charge in [-0.15, -0.1) is 0 Å². The molecule has 29 heavy (non-hydrogen) atoms. The van der Waals surface area contributed by atoms with Crippen LogP contribution >= 0.6 is 11.6 Å². The van der Waals surface area contributed by atoms with Crippen molar-refractivity contribution in [2.24, 2.45) is 0 Å². The van der Waals surface area contributed by atoms with Crippen LogP contribution in [0.4, 0.5) is 5.69 Å². The van der Waals surface area contributed by atoms with Gasteiger partial charge in [0.15, 0.2) is 5.60 Å². The SMILES string of the molecule is CCOCCCNC(=O)c1ccccc1NC(=O)C(C)(C)Oc1ccc(Cl)cc1. The van der Waals surface area contributed by atoms with Gasteiger partial charge in [0.2, 0.25) is 0 Å². The van der Waals surface area contributed by atoms with Gasteiger partial charge in [-0.1, -0.05) is 23.7 Å². The Balaban J connectivity index is 2.02. The molecular weight excluding hydrogens is 392 g/mol. The Morgan fingerprint density at radius 3 is 2.45 bits per heavy atom. The van der Waals surface area contributed by atoms with Crippen molar-refractivity contribution in [3.63, 3.8) is 0 Å². The van der Waals surface area contributed by atoms with Gasteiger partial charge in [-0.3, -0.25) is 9.59 Å². The number of ether oxygens (including phenoxy) is 2. The van der Waals surface area contributed by atoms with E-state index in [4.69, 9.17) is 21.1 Å². The molecule has 7 heteroatoms. The number of hydrogen-bond donors (Lipinski definition) is 2. The smallest absolute Gasteiger partial charge is 0.267 e. The van der Waals surface area contributed by atoms with E-state index in [9.17, 15) is 9.59 Å². The Bertz CT molecular complexity index is 822. The first-order valence-corrected chi connectivity index (χ1v) is 9.92. The molecule has 2 rings (SSSR count). The molecule has 0 radical (unpaired) electrons. The summed E-state index contributed by atoms with van der Waals surface area (Å²) in [6, 6.07) is 13.6. The van der Waals surface area contributed by atoms with Crippen LogP contribution in [0, 0.1) is 0 Å². The predicted octanol–water partition coefficient (Wildman–Crippen LogP) is 4.29. The van der Waals surface area contributed by atoms with E-state index in [-0.39, 0.29) is 11.8 Å². The third-order valence-corrected chi connectivity index (χ3v) is 4.36. The third-order valence-electron chi connectivity index (χ3n) is 4.11. The van der Waals surface area contributed by atoms with E-state index in [1.165, 1.54) is 0 Å². The standard InChI is InChI=1S/C22H27ClN2O4/c1-4-28-15-7-14-24-20(26)18-8-5-6-9-19(18)25-21(27)22(2,3)29-17-12-10-16(23)11-13-17/h5-6,8-13H,4,7,14-15H2,1-3H3,(H,24,26)(H,25,27). The fourth-order valence-corrected chi connectivity index (χ4v) is 2.65. The molecule has 0 heterocycles. The number of hydrogen-bond acceptors (Lipinski definition) is 4. The molecule has 0 saturated heterocycles. The highest BCUT2D eigenvalue weighted by atomic mass is 35.5. The van der Waals surface area contributed by atoms with E-state index < -0.39 is 5.60 Å². The second kappa shape index (κ2) is 10.8.